The van der Waals surface area contributed by atoms with Crippen LogP contribution in [0.5, 0.6) is 5.75 Å². The molecule has 1 heterocycles. The maximum atomic E-state index is 6.11. The molecule has 0 radical (unpaired) electrons. The van der Waals surface area contributed by atoms with Gasteiger partial charge in [-0.3, -0.25) is 4.99 Å². The number of hydrogen-bond acceptors (Lipinski definition) is 3. The second-order valence-electron chi connectivity index (χ2n) is 5.46. The molecule has 0 fully saturated rings. The van der Waals surface area contributed by atoms with Crippen LogP contribution in [0.1, 0.15) is 10.4 Å². The van der Waals surface area contributed by atoms with E-state index in [4.69, 9.17) is 4.43 Å². The van der Waals surface area contributed by atoms with E-state index >= 15 is 0 Å². The van der Waals surface area contributed by atoms with Gasteiger partial charge in [0.05, 0.1) is 0 Å². The number of benzene rings is 1. The third-order valence-corrected chi connectivity index (χ3v) is 4.04. The minimum absolute atomic E-state index is 0.895. The van der Waals surface area contributed by atoms with Crippen LogP contribution in [-0.2, 0) is 0 Å². The molecule has 0 aliphatic carbocycles. The van der Waals surface area contributed by atoms with Gasteiger partial charge in [0.15, 0.2) is 0 Å². The van der Waals surface area contributed by atoms with E-state index in [2.05, 4.69) is 55.1 Å². The maximum absolute atomic E-state index is 6.11. The summed E-state index contributed by atoms with van der Waals surface area (Å²) in [4.78, 5) is 5.71. The second kappa shape index (κ2) is 5.71. The Hall–Kier alpha value is -1.39. The molecule has 2 aromatic rings. The minimum Gasteiger partial charge on any atom is -0.543 e. The van der Waals surface area contributed by atoms with E-state index in [9.17, 15) is 0 Å². The first-order valence-corrected chi connectivity index (χ1v) is 10.6. The van der Waals surface area contributed by atoms with Crippen LogP contribution in [0.2, 0.25) is 19.6 Å². The quantitative estimate of drug-likeness (QED) is 0.572. The summed E-state index contributed by atoms with van der Waals surface area (Å²) in [5.41, 5.74) is 2.10. The fraction of sp³-hybridized carbons (Fsp3) is 0.267. The Bertz CT molecular complexity index is 570. The van der Waals surface area contributed by atoms with E-state index in [0.29, 0.717) is 0 Å². The molecule has 0 atom stereocenters. The molecular weight excluding hydrogens is 270 g/mol. The lowest BCUT2D eigenvalue weighted by Gasteiger charge is -2.20. The summed E-state index contributed by atoms with van der Waals surface area (Å²) < 4.78 is 6.11. The zero-order valence-electron chi connectivity index (χ0n) is 11.8. The second-order valence-corrected chi connectivity index (χ2v) is 10.9. The molecule has 0 saturated carbocycles. The molecule has 0 unspecified atom stereocenters. The van der Waals surface area contributed by atoms with Gasteiger partial charge in [-0.1, -0.05) is 12.1 Å². The van der Waals surface area contributed by atoms with Gasteiger partial charge in [-0.2, -0.15) is 0 Å². The van der Waals surface area contributed by atoms with Crippen molar-refractivity contribution in [2.75, 3.05) is 0 Å². The lowest BCUT2D eigenvalue weighted by atomic mass is 10.2. The van der Waals surface area contributed by atoms with Crippen molar-refractivity contribution in [3.8, 4) is 5.75 Å². The molecule has 2 rings (SSSR count). The molecule has 19 heavy (non-hydrogen) atoms. The summed E-state index contributed by atoms with van der Waals surface area (Å²) >= 11 is 1.68. The number of aryl methyl sites for hydroxylation is 1. The molecule has 100 valence electrons. The fourth-order valence-corrected chi connectivity index (χ4v) is 3.05. The van der Waals surface area contributed by atoms with Gasteiger partial charge in [-0.05, 0) is 55.7 Å². The van der Waals surface area contributed by atoms with Crippen LogP contribution in [0.4, 0.5) is 5.69 Å². The highest BCUT2D eigenvalue weighted by atomic mass is 32.1. The molecule has 1 aromatic carbocycles. The zero-order chi connectivity index (χ0) is 13.9. The van der Waals surface area contributed by atoms with E-state index in [1.807, 2.05) is 18.3 Å². The SMILES string of the molecule is Cc1ccc(/N=C/c2cccs2)c(O[Si](C)(C)C)c1. The molecule has 0 aliphatic heterocycles. The maximum Gasteiger partial charge on any atom is 0.242 e. The highest BCUT2D eigenvalue weighted by molar-refractivity contribution is 7.11. The molecule has 1 aromatic heterocycles. The summed E-state index contributed by atoms with van der Waals surface area (Å²) in [6.07, 6.45) is 1.90. The Labute approximate surface area is 119 Å². The van der Waals surface area contributed by atoms with E-state index < -0.39 is 8.32 Å². The first-order valence-electron chi connectivity index (χ1n) is 6.31. The van der Waals surface area contributed by atoms with Crippen LogP contribution in [-0.4, -0.2) is 14.5 Å². The lowest BCUT2D eigenvalue weighted by molar-refractivity contribution is 0.558. The van der Waals surface area contributed by atoms with Crippen molar-refractivity contribution >= 4 is 31.6 Å². The molecule has 2 nitrogen and oxygen atoms in total. The predicted molar refractivity (Wildman–Crippen MR) is 86.7 cm³/mol. The molecule has 0 spiro atoms. The Morgan fingerprint density at radius 2 is 2.00 bits per heavy atom. The third-order valence-electron chi connectivity index (χ3n) is 2.41. The van der Waals surface area contributed by atoms with Crippen LogP contribution in [0.25, 0.3) is 0 Å². The molecule has 0 N–H and O–H groups in total. The normalized spacial score (nSPS) is 12.0. The average Bonchev–Trinajstić information content (AvgIpc) is 2.78. The lowest BCUT2D eigenvalue weighted by Crippen LogP contribution is -2.29. The standard InChI is InChI=1S/C15H19NOSSi/c1-12-7-8-14(15(10-12)17-19(2,3)4)16-11-13-6-5-9-18-13/h5-11H,1-4H3/b16-11+. The van der Waals surface area contributed by atoms with Gasteiger partial charge < -0.3 is 4.43 Å². The van der Waals surface area contributed by atoms with E-state index in [1.54, 1.807) is 11.3 Å². The van der Waals surface area contributed by atoms with Crippen LogP contribution in [0.15, 0.2) is 40.7 Å². The van der Waals surface area contributed by atoms with E-state index in [0.717, 1.165) is 16.3 Å². The Balaban J connectivity index is 2.29. The summed E-state index contributed by atoms with van der Waals surface area (Å²) in [6.45, 7) is 8.62. The smallest absolute Gasteiger partial charge is 0.242 e. The van der Waals surface area contributed by atoms with Crippen molar-refractivity contribution in [1.29, 1.82) is 0 Å². The highest BCUT2D eigenvalue weighted by Gasteiger charge is 2.18. The number of thiophene rings is 1. The van der Waals surface area contributed by atoms with Crippen LogP contribution >= 0.6 is 11.3 Å². The molecular formula is C15H19NOSSi. The van der Waals surface area contributed by atoms with Crippen molar-refractivity contribution in [3.63, 3.8) is 0 Å². The van der Waals surface area contributed by atoms with Gasteiger partial charge in [-0.25, -0.2) is 0 Å². The Kier molecular flexibility index (Phi) is 4.22. The van der Waals surface area contributed by atoms with Crippen molar-refractivity contribution in [2.45, 2.75) is 26.6 Å². The van der Waals surface area contributed by atoms with Gasteiger partial charge in [0.1, 0.15) is 11.4 Å². The van der Waals surface area contributed by atoms with Crippen molar-refractivity contribution in [1.82, 2.24) is 0 Å². The molecule has 0 saturated heterocycles. The molecule has 0 bridgehead atoms. The first-order chi connectivity index (χ1) is 8.94. The van der Waals surface area contributed by atoms with Gasteiger partial charge in [0.2, 0.25) is 8.32 Å². The summed E-state index contributed by atoms with van der Waals surface area (Å²) in [5.74, 6) is 0.895. The number of hydrogen-bond donors (Lipinski definition) is 0. The molecule has 0 amide bonds. The number of aliphatic imine (C=N–C) groups is 1. The summed E-state index contributed by atoms with van der Waals surface area (Å²) in [7, 11) is -1.62. The van der Waals surface area contributed by atoms with Gasteiger partial charge in [0.25, 0.3) is 0 Å². The average molecular weight is 289 g/mol. The third kappa shape index (κ3) is 4.33. The van der Waals surface area contributed by atoms with Crippen molar-refractivity contribution < 1.29 is 4.43 Å². The number of rotatable bonds is 4. The molecule has 4 heteroatoms. The number of nitrogens with zero attached hydrogens (tertiary/aromatic N) is 1. The molecule has 0 aliphatic rings. The zero-order valence-corrected chi connectivity index (χ0v) is 13.6. The predicted octanol–water partition coefficient (Wildman–Crippen LogP) is 5.02. The Morgan fingerprint density at radius 1 is 1.21 bits per heavy atom. The van der Waals surface area contributed by atoms with Crippen molar-refractivity contribution in [2.24, 2.45) is 4.99 Å². The first kappa shape index (κ1) is 14.0. The van der Waals surface area contributed by atoms with Crippen molar-refractivity contribution in [3.05, 3.63) is 46.2 Å². The van der Waals surface area contributed by atoms with Gasteiger partial charge >= 0.3 is 0 Å². The highest BCUT2D eigenvalue weighted by Crippen LogP contribution is 2.30. The van der Waals surface area contributed by atoms with Crippen LogP contribution in [0.3, 0.4) is 0 Å². The monoisotopic (exact) mass is 289 g/mol. The van der Waals surface area contributed by atoms with Crippen LogP contribution < -0.4 is 4.43 Å². The topological polar surface area (TPSA) is 21.6 Å². The minimum atomic E-state index is -1.62. The van der Waals surface area contributed by atoms with Gasteiger partial charge in [-0.15, -0.1) is 11.3 Å². The van der Waals surface area contributed by atoms with Crippen LogP contribution in [0, 0.1) is 6.92 Å². The largest absolute Gasteiger partial charge is 0.543 e. The summed E-state index contributed by atoms with van der Waals surface area (Å²) in [6, 6.07) is 10.2. The van der Waals surface area contributed by atoms with E-state index in [-0.39, 0.29) is 0 Å². The van der Waals surface area contributed by atoms with Gasteiger partial charge in [0, 0.05) is 11.1 Å². The summed E-state index contributed by atoms with van der Waals surface area (Å²) in [5, 5.41) is 2.05. The Morgan fingerprint density at radius 3 is 2.63 bits per heavy atom. The fourth-order valence-electron chi connectivity index (χ4n) is 1.64. The van der Waals surface area contributed by atoms with E-state index in [1.165, 1.54) is 5.56 Å².